The van der Waals surface area contributed by atoms with Gasteiger partial charge in [-0.25, -0.2) is 0 Å². The van der Waals surface area contributed by atoms with Gasteiger partial charge < -0.3 is 28.4 Å². The Balaban J connectivity index is 1.89. The number of hydrogen-bond acceptors (Lipinski definition) is 6. The molecule has 0 radical (unpaired) electrons. The SMILES string of the molecule is CCCCCCCCCCCCCCCCCCOCC(COP(O)OCCCN1CCCC1)CC(C)=O. The molecule has 0 bridgehead atoms. The van der Waals surface area contributed by atoms with E-state index in [0.717, 1.165) is 26.0 Å². The van der Waals surface area contributed by atoms with Crippen molar-refractivity contribution in [3.05, 3.63) is 0 Å². The van der Waals surface area contributed by atoms with E-state index >= 15 is 0 Å². The summed E-state index contributed by atoms with van der Waals surface area (Å²) < 4.78 is 16.8. The van der Waals surface area contributed by atoms with Crippen LogP contribution in [0.1, 0.15) is 142 Å². The lowest BCUT2D eigenvalue weighted by Gasteiger charge is -2.18. The molecule has 0 amide bonds. The van der Waals surface area contributed by atoms with Crippen molar-refractivity contribution in [1.82, 2.24) is 4.90 Å². The van der Waals surface area contributed by atoms with Crippen molar-refractivity contribution in [2.45, 2.75) is 142 Å². The van der Waals surface area contributed by atoms with Gasteiger partial charge in [0.25, 0.3) is 0 Å². The van der Waals surface area contributed by atoms with Crippen molar-refractivity contribution in [1.29, 1.82) is 0 Å². The Morgan fingerprint density at radius 1 is 0.737 bits per heavy atom. The predicted octanol–water partition coefficient (Wildman–Crippen LogP) is 8.60. The van der Waals surface area contributed by atoms with Crippen LogP contribution in [-0.4, -0.2) is 61.6 Å². The van der Waals surface area contributed by atoms with Crippen LogP contribution in [-0.2, 0) is 18.6 Å². The van der Waals surface area contributed by atoms with Crippen molar-refractivity contribution in [3.8, 4) is 0 Å². The Morgan fingerprint density at radius 3 is 1.79 bits per heavy atom. The Kier molecular flexibility index (Phi) is 25.6. The Hall–Kier alpha value is -0.100. The van der Waals surface area contributed by atoms with Gasteiger partial charge in [0.1, 0.15) is 5.78 Å². The first kappa shape index (κ1) is 35.9. The summed E-state index contributed by atoms with van der Waals surface area (Å²) in [6.45, 7) is 9.28. The Morgan fingerprint density at radius 2 is 1.26 bits per heavy atom. The molecule has 2 unspecified atom stereocenters. The second-order valence-electron chi connectivity index (χ2n) is 11.4. The lowest BCUT2D eigenvalue weighted by Crippen LogP contribution is -2.21. The van der Waals surface area contributed by atoms with Crippen LogP contribution in [0.3, 0.4) is 0 Å². The van der Waals surface area contributed by atoms with Crippen LogP contribution in [0.4, 0.5) is 0 Å². The highest BCUT2D eigenvalue weighted by Crippen LogP contribution is 2.34. The molecule has 0 aromatic heterocycles. The van der Waals surface area contributed by atoms with E-state index < -0.39 is 8.60 Å². The minimum atomic E-state index is -1.89. The van der Waals surface area contributed by atoms with Gasteiger partial charge in [0.2, 0.25) is 0 Å². The van der Waals surface area contributed by atoms with E-state index in [2.05, 4.69) is 11.8 Å². The molecule has 0 aromatic carbocycles. The maximum absolute atomic E-state index is 11.6. The molecule has 7 heteroatoms. The van der Waals surface area contributed by atoms with Gasteiger partial charge in [0.05, 0.1) is 19.8 Å². The molecule has 1 rings (SSSR count). The van der Waals surface area contributed by atoms with Crippen molar-refractivity contribution in [2.75, 3.05) is 46.1 Å². The first-order valence-corrected chi connectivity index (χ1v) is 17.3. The van der Waals surface area contributed by atoms with Gasteiger partial charge in [-0.05, 0) is 45.7 Å². The van der Waals surface area contributed by atoms with E-state index in [4.69, 9.17) is 13.8 Å². The molecule has 1 aliphatic rings. The summed E-state index contributed by atoms with van der Waals surface area (Å²) in [5.74, 6) is 0.0947. The second kappa shape index (κ2) is 27.1. The number of nitrogens with zero attached hydrogens (tertiary/aromatic N) is 1. The topological polar surface area (TPSA) is 68.2 Å². The zero-order chi connectivity index (χ0) is 27.5. The summed E-state index contributed by atoms with van der Waals surface area (Å²) in [6.07, 6.45) is 25.7. The van der Waals surface area contributed by atoms with Crippen molar-refractivity contribution >= 4 is 14.4 Å². The number of hydrogen-bond donors (Lipinski definition) is 1. The van der Waals surface area contributed by atoms with Gasteiger partial charge >= 0.3 is 8.60 Å². The van der Waals surface area contributed by atoms with E-state index in [-0.39, 0.29) is 11.7 Å². The van der Waals surface area contributed by atoms with Gasteiger partial charge in [0, 0.05) is 25.5 Å². The quantitative estimate of drug-likeness (QED) is 0.0731. The number of carbonyl (C=O) groups excluding carboxylic acids is 1. The average Bonchev–Trinajstić information content (AvgIpc) is 3.42. The lowest BCUT2D eigenvalue weighted by molar-refractivity contribution is -0.118. The summed E-state index contributed by atoms with van der Waals surface area (Å²) in [7, 11) is -1.89. The van der Waals surface area contributed by atoms with Crippen LogP contribution < -0.4 is 0 Å². The molecule has 1 aliphatic heterocycles. The molecule has 0 aromatic rings. The molecule has 6 nitrogen and oxygen atoms in total. The normalized spacial score (nSPS) is 15.8. The van der Waals surface area contributed by atoms with Crippen LogP contribution in [0.2, 0.25) is 0 Å². The summed E-state index contributed by atoms with van der Waals surface area (Å²) in [6, 6.07) is 0. The van der Waals surface area contributed by atoms with Crippen LogP contribution in [0.15, 0.2) is 0 Å². The maximum Gasteiger partial charge on any atom is 0.329 e. The minimum Gasteiger partial charge on any atom is -0.381 e. The molecule has 226 valence electrons. The third-order valence-electron chi connectivity index (χ3n) is 7.51. The molecule has 0 aliphatic carbocycles. The molecular formula is C31H62NO5P. The summed E-state index contributed by atoms with van der Waals surface area (Å²) in [5.41, 5.74) is 0. The van der Waals surface area contributed by atoms with Crippen LogP contribution in [0, 0.1) is 5.92 Å². The lowest BCUT2D eigenvalue weighted by atomic mass is 10.0. The fourth-order valence-electron chi connectivity index (χ4n) is 5.22. The molecule has 1 heterocycles. The Labute approximate surface area is 236 Å². The third-order valence-corrected chi connectivity index (χ3v) is 8.29. The summed E-state index contributed by atoms with van der Waals surface area (Å²) in [5, 5.41) is 0. The Bertz CT molecular complexity index is 518. The molecule has 1 fully saturated rings. The van der Waals surface area contributed by atoms with Gasteiger partial charge in [-0.2, -0.15) is 0 Å². The van der Waals surface area contributed by atoms with Crippen LogP contribution in [0.5, 0.6) is 0 Å². The fraction of sp³-hybridized carbons (Fsp3) is 0.968. The number of likely N-dealkylation sites (tertiary alicyclic amines) is 1. The van der Waals surface area contributed by atoms with Gasteiger partial charge in [-0.3, -0.25) is 0 Å². The van der Waals surface area contributed by atoms with E-state index in [1.165, 1.54) is 122 Å². The number of unbranched alkanes of at least 4 members (excludes halogenated alkanes) is 15. The van der Waals surface area contributed by atoms with Gasteiger partial charge in [-0.1, -0.05) is 103 Å². The zero-order valence-electron chi connectivity index (χ0n) is 25.1. The molecule has 1 N–H and O–H groups in total. The van der Waals surface area contributed by atoms with E-state index in [1.807, 2.05) is 0 Å². The zero-order valence-corrected chi connectivity index (χ0v) is 26.0. The monoisotopic (exact) mass is 559 g/mol. The molecule has 0 saturated carbocycles. The average molecular weight is 560 g/mol. The van der Waals surface area contributed by atoms with E-state index in [0.29, 0.717) is 26.2 Å². The van der Waals surface area contributed by atoms with Gasteiger partial charge in [0.15, 0.2) is 0 Å². The van der Waals surface area contributed by atoms with Crippen molar-refractivity contribution in [2.24, 2.45) is 5.92 Å². The van der Waals surface area contributed by atoms with Crippen LogP contribution in [0.25, 0.3) is 0 Å². The standard InChI is InChI=1S/C31H62NO5P/c1-3-4-5-6-7-8-9-10-11-12-13-14-15-16-17-20-25-35-28-31(27-30(2)33)29-37-38(34)36-26-21-24-32-22-18-19-23-32/h31,34H,3-29H2,1-2H3. The van der Waals surface area contributed by atoms with Crippen LogP contribution >= 0.6 is 8.60 Å². The summed E-state index contributed by atoms with van der Waals surface area (Å²) >= 11 is 0. The maximum atomic E-state index is 11.6. The fourth-order valence-corrected chi connectivity index (χ4v) is 5.92. The molecule has 1 saturated heterocycles. The van der Waals surface area contributed by atoms with Gasteiger partial charge in [-0.15, -0.1) is 0 Å². The largest absolute Gasteiger partial charge is 0.381 e. The highest BCUT2D eigenvalue weighted by Gasteiger charge is 2.17. The van der Waals surface area contributed by atoms with E-state index in [1.54, 1.807) is 6.92 Å². The molecular weight excluding hydrogens is 497 g/mol. The smallest absolute Gasteiger partial charge is 0.329 e. The first-order valence-electron chi connectivity index (χ1n) is 16.2. The highest BCUT2D eigenvalue weighted by atomic mass is 31.2. The summed E-state index contributed by atoms with van der Waals surface area (Å²) in [4.78, 5) is 24.1. The number of ketones is 1. The number of rotatable bonds is 29. The second-order valence-corrected chi connectivity index (χ2v) is 12.4. The molecule has 38 heavy (non-hydrogen) atoms. The van der Waals surface area contributed by atoms with E-state index in [9.17, 15) is 9.69 Å². The predicted molar refractivity (Wildman–Crippen MR) is 160 cm³/mol. The third kappa shape index (κ3) is 23.8. The number of carbonyl (C=O) groups is 1. The number of Topliss-reactive ketones (excluding diaryl/α,β-unsaturated/α-hetero) is 1. The first-order chi connectivity index (χ1) is 18.6. The van der Waals surface area contributed by atoms with Crippen molar-refractivity contribution < 1.29 is 23.5 Å². The van der Waals surface area contributed by atoms with Crippen molar-refractivity contribution in [3.63, 3.8) is 0 Å². The number of ether oxygens (including phenoxy) is 1. The molecule has 2 atom stereocenters. The molecule has 0 spiro atoms. The highest BCUT2D eigenvalue weighted by molar-refractivity contribution is 7.40. The minimum absolute atomic E-state index is 0.0288.